The summed E-state index contributed by atoms with van der Waals surface area (Å²) >= 11 is 0. The monoisotopic (exact) mass is 280 g/mol. The molecule has 0 aliphatic heterocycles. The van der Waals surface area contributed by atoms with Crippen molar-refractivity contribution in [1.82, 2.24) is 5.32 Å². The van der Waals surface area contributed by atoms with Crippen molar-refractivity contribution in [3.8, 4) is 6.07 Å². The molecular weight excluding hydrogens is 260 g/mol. The first-order chi connectivity index (χ1) is 10.1. The number of aliphatic hydroxyl groups excluding tert-OH is 1. The molecule has 3 heteroatoms. The lowest BCUT2D eigenvalue weighted by Gasteiger charge is -2.19. The van der Waals surface area contributed by atoms with Gasteiger partial charge < -0.3 is 10.4 Å². The van der Waals surface area contributed by atoms with Gasteiger partial charge in [0.25, 0.3) is 0 Å². The second-order valence-corrected chi connectivity index (χ2v) is 5.24. The summed E-state index contributed by atoms with van der Waals surface area (Å²) in [6.07, 6.45) is -0.579. The maximum Gasteiger partial charge on any atom is 0.0991 e. The summed E-state index contributed by atoms with van der Waals surface area (Å²) in [5, 5.41) is 22.3. The van der Waals surface area contributed by atoms with E-state index in [0.29, 0.717) is 12.1 Å². The number of aliphatic hydroxyl groups is 1. The Morgan fingerprint density at radius 1 is 1.14 bits per heavy atom. The van der Waals surface area contributed by atoms with E-state index in [2.05, 4.69) is 37.4 Å². The number of nitriles is 1. The SMILES string of the molecule is Cc1ccccc1[C@H](C)NCC(O)c1ccc(C#N)cc1. The third-order valence-corrected chi connectivity index (χ3v) is 3.70. The summed E-state index contributed by atoms with van der Waals surface area (Å²) in [6.45, 7) is 4.65. The molecule has 2 N–H and O–H groups in total. The fraction of sp³-hybridized carbons (Fsp3) is 0.278. The molecular formula is C18H20N2O. The lowest BCUT2D eigenvalue weighted by atomic mass is 10.0. The van der Waals surface area contributed by atoms with E-state index in [1.165, 1.54) is 11.1 Å². The molecule has 2 aromatic rings. The molecule has 0 heterocycles. The molecule has 2 atom stereocenters. The Bertz CT molecular complexity index is 628. The van der Waals surface area contributed by atoms with Crippen LogP contribution < -0.4 is 5.32 Å². The summed E-state index contributed by atoms with van der Waals surface area (Å²) in [4.78, 5) is 0. The third kappa shape index (κ3) is 3.91. The highest BCUT2D eigenvalue weighted by atomic mass is 16.3. The number of rotatable bonds is 5. The number of hydrogen-bond donors (Lipinski definition) is 2. The van der Waals surface area contributed by atoms with Crippen LogP contribution in [0.1, 0.15) is 41.3 Å². The predicted molar refractivity (Wildman–Crippen MR) is 83.7 cm³/mol. The van der Waals surface area contributed by atoms with E-state index in [1.807, 2.05) is 12.1 Å². The van der Waals surface area contributed by atoms with Crippen LogP contribution >= 0.6 is 0 Å². The van der Waals surface area contributed by atoms with Crippen LogP contribution in [0, 0.1) is 18.3 Å². The van der Waals surface area contributed by atoms with E-state index in [-0.39, 0.29) is 6.04 Å². The fourth-order valence-electron chi connectivity index (χ4n) is 2.37. The van der Waals surface area contributed by atoms with Crippen LogP contribution in [0.5, 0.6) is 0 Å². The minimum atomic E-state index is -0.579. The van der Waals surface area contributed by atoms with Crippen molar-refractivity contribution >= 4 is 0 Å². The van der Waals surface area contributed by atoms with Crippen molar-refractivity contribution in [1.29, 1.82) is 5.26 Å². The molecule has 21 heavy (non-hydrogen) atoms. The van der Waals surface area contributed by atoms with Crippen molar-refractivity contribution in [2.75, 3.05) is 6.54 Å². The number of nitrogens with zero attached hydrogens (tertiary/aromatic N) is 1. The second-order valence-electron chi connectivity index (χ2n) is 5.24. The van der Waals surface area contributed by atoms with Crippen molar-refractivity contribution in [3.05, 3.63) is 70.8 Å². The van der Waals surface area contributed by atoms with Gasteiger partial charge in [-0.1, -0.05) is 36.4 Å². The van der Waals surface area contributed by atoms with Crippen LogP contribution in [0.15, 0.2) is 48.5 Å². The third-order valence-electron chi connectivity index (χ3n) is 3.70. The van der Waals surface area contributed by atoms with Gasteiger partial charge in [-0.25, -0.2) is 0 Å². The van der Waals surface area contributed by atoms with Crippen LogP contribution in [0.2, 0.25) is 0 Å². The van der Waals surface area contributed by atoms with Gasteiger partial charge in [0.15, 0.2) is 0 Å². The average molecular weight is 280 g/mol. The number of hydrogen-bond acceptors (Lipinski definition) is 3. The Balaban J connectivity index is 1.96. The largest absolute Gasteiger partial charge is 0.387 e. The van der Waals surface area contributed by atoms with Crippen LogP contribution in [0.3, 0.4) is 0 Å². The summed E-state index contributed by atoms with van der Waals surface area (Å²) in [6, 6.07) is 17.5. The zero-order valence-electron chi connectivity index (χ0n) is 12.4. The maximum atomic E-state index is 10.2. The molecule has 0 spiro atoms. The molecule has 2 rings (SSSR count). The summed E-state index contributed by atoms with van der Waals surface area (Å²) in [5.74, 6) is 0. The van der Waals surface area contributed by atoms with Gasteiger partial charge in [-0.15, -0.1) is 0 Å². The highest BCUT2D eigenvalue weighted by molar-refractivity contribution is 5.32. The van der Waals surface area contributed by atoms with Gasteiger partial charge in [-0.3, -0.25) is 0 Å². The molecule has 0 saturated heterocycles. The first-order valence-electron chi connectivity index (χ1n) is 7.09. The highest BCUT2D eigenvalue weighted by Gasteiger charge is 2.11. The number of aryl methyl sites for hydroxylation is 1. The lowest BCUT2D eigenvalue weighted by Crippen LogP contribution is -2.25. The molecule has 2 aromatic carbocycles. The van der Waals surface area contributed by atoms with E-state index in [4.69, 9.17) is 5.26 Å². The Hall–Kier alpha value is -2.15. The molecule has 3 nitrogen and oxygen atoms in total. The Morgan fingerprint density at radius 2 is 1.81 bits per heavy atom. The molecule has 0 fully saturated rings. The normalized spacial score (nSPS) is 13.4. The summed E-state index contributed by atoms with van der Waals surface area (Å²) < 4.78 is 0. The minimum absolute atomic E-state index is 0.180. The van der Waals surface area contributed by atoms with E-state index in [1.54, 1.807) is 24.3 Å². The molecule has 0 aromatic heterocycles. The molecule has 0 saturated carbocycles. The predicted octanol–water partition coefficient (Wildman–Crippen LogP) is 3.25. The molecule has 0 amide bonds. The van der Waals surface area contributed by atoms with Gasteiger partial charge in [-0.2, -0.15) is 5.26 Å². The van der Waals surface area contributed by atoms with E-state index >= 15 is 0 Å². The van der Waals surface area contributed by atoms with Crippen molar-refractivity contribution < 1.29 is 5.11 Å². The number of nitrogens with one attached hydrogen (secondary N) is 1. The van der Waals surface area contributed by atoms with Gasteiger partial charge in [0.05, 0.1) is 17.7 Å². The Morgan fingerprint density at radius 3 is 2.43 bits per heavy atom. The fourth-order valence-corrected chi connectivity index (χ4v) is 2.37. The van der Waals surface area contributed by atoms with E-state index < -0.39 is 6.10 Å². The lowest BCUT2D eigenvalue weighted by molar-refractivity contribution is 0.170. The van der Waals surface area contributed by atoms with Gasteiger partial charge in [0.1, 0.15) is 0 Å². The molecule has 0 bridgehead atoms. The maximum absolute atomic E-state index is 10.2. The van der Waals surface area contributed by atoms with Gasteiger partial charge in [0.2, 0.25) is 0 Å². The Kier molecular flexibility index (Phi) is 5.10. The molecule has 108 valence electrons. The average Bonchev–Trinajstić information content (AvgIpc) is 2.52. The number of benzene rings is 2. The summed E-state index contributed by atoms with van der Waals surface area (Å²) in [7, 11) is 0. The first kappa shape index (κ1) is 15.2. The van der Waals surface area contributed by atoms with Crippen LogP contribution in [0.25, 0.3) is 0 Å². The Labute approximate surface area is 125 Å². The van der Waals surface area contributed by atoms with Gasteiger partial charge in [-0.05, 0) is 42.7 Å². The van der Waals surface area contributed by atoms with Crippen LogP contribution in [-0.2, 0) is 0 Å². The van der Waals surface area contributed by atoms with Crippen LogP contribution in [0.4, 0.5) is 0 Å². The molecule has 0 radical (unpaired) electrons. The van der Waals surface area contributed by atoms with Crippen molar-refractivity contribution in [2.24, 2.45) is 0 Å². The zero-order valence-corrected chi connectivity index (χ0v) is 12.4. The first-order valence-corrected chi connectivity index (χ1v) is 7.09. The zero-order chi connectivity index (χ0) is 15.2. The highest BCUT2D eigenvalue weighted by Crippen LogP contribution is 2.18. The molecule has 1 unspecified atom stereocenters. The van der Waals surface area contributed by atoms with E-state index in [9.17, 15) is 5.11 Å². The van der Waals surface area contributed by atoms with Gasteiger partial charge in [0, 0.05) is 12.6 Å². The summed E-state index contributed by atoms with van der Waals surface area (Å²) in [5.41, 5.74) is 3.90. The molecule has 0 aliphatic carbocycles. The van der Waals surface area contributed by atoms with E-state index in [0.717, 1.165) is 5.56 Å². The smallest absolute Gasteiger partial charge is 0.0991 e. The van der Waals surface area contributed by atoms with Crippen LogP contribution in [-0.4, -0.2) is 11.7 Å². The van der Waals surface area contributed by atoms with Crippen molar-refractivity contribution in [2.45, 2.75) is 26.0 Å². The quantitative estimate of drug-likeness (QED) is 0.884. The van der Waals surface area contributed by atoms with Crippen molar-refractivity contribution in [3.63, 3.8) is 0 Å². The topological polar surface area (TPSA) is 56.0 Å². The van der Waals surface area contributed by atoms with Gasteiger partial charge >= 0.3 is 0 Å². The minimum Gasteiger partial charge on any atom is -0.387 e. The molecule has 0 aliphatic rings. The second kappa shape index (κ2) is 7.03. The standard InChI is InChI=1S/C18H20N2O/c1-13-5-3-4-6-17(13)14(2)20-12-18(21)16-9-7-15(11-19)8-10-16/h3-10,14,18,20-21H,12H2,1-2H3/t14-,18?/m0/s1.